The summed E-state index contributed by atoms with van der Waals surface area (Å²) in [5.74, 6) is -0.151. The Kier molecular flexibility index (Phi) is 6.15. The van der Waals surface area contributed by atoms with Crippen LogP contribution in [-0.2, 0) is 4.79 Å². The maximum Gasteiger partial charge on any atom is 0.248 e. The first-order valence-corrected chi connectivity index (χ1v) is 9.98. The Hall–Kier alpha value is -1.95. The number of carbonyl (C=O) groups excluding carboxylic acids is 1. The lowest BCUT2D eigenvalue weighted by Gasteiger charge is -2.16. The smallest absolute Gasteiger partial charge is 0.248 e. The topological polar surface area (TPSA) is 46.9 Å². The Bertz CT molecular complexity index is 970. The Labute approximate surface area is 172 Å². The molecular weight excluding hydrogens is 401 g/mol. The molecule has 0 aliphatic rings. The maximum atomic E-state index is 12.8. The van der Waals surface area contributed by atoms with Crippen LogP contribution in [0, 0.1) is 13.8 Å². The molecule has 0 saturated heterocycles. The van der Waals surface area contributed by atoms with Gasteiger partial charge in [0.1, 0.15) is 6.04 Å². The molecule has 140 valence electrons. The number of aryl methyl sites for hydroxylation is 1. The summed E-state index contributed by atoms with van der Waals surface area (Å²) in [6.07, 6.45) is 0. The molecular formula is C20H19Cl2N3OS. The predicted octanol–water partition coefficient (Wildman–Crippen LogP) is 6.16. The van der Waals surface area contributed by atoms with Crippen LogP contribution >= 0.6 is 35.0 Å². The van der Waals surface area contributed by atoms with Gasteiger partial charge in [-0.05, 0) is 57.2 Å². The molecule has 0 saturated carbocycles. The lowest BCUT2D eigenvalue weighted by molar-refractivity contribution is -0.119. The first kappa shape index (κ1) is 19.8. The van der Waals surface area contributed by atoms with E-state index in [1.54, 1.807) is 23.4 Å². The number of benzene rings is 2. The van der Waals surface area contributed by atoms with Gasteiger partial charge in [-0.3, -0.25) is 9.48 Å². The molecule has 1 aromatic heterocycles. The third-order valence-electron chi connectivity index (χ3n) is 4.17. The zero-order valence-corrected chi connectivity index (χ0v) is 17.5. The highest BCUT2D eigenvalue weighted by molar-refractivity contribution is 7.99. The molecule has 4 nitrogen and oxygen atoms in total. The molecule has 1 heterocycles. The standard InChI is InChI=1S/C20H19Cl2N3OS/c1-12-19(22)13(2)25(24-12)14(3)20(26)23-17-6-4-5-7-18(17)27-16-10-8-15(21)9-11-16/h4-11,14H,1-3H3,(H,23,26). The molecule has 1 N–H and O–H groups in total. The summed E-state index contributed by atoms with van der Waals surface area (Å²) in [5, 5.41) is 8.67. The van der Waals surface area contributed by atoms with Crippen LogP contribution in [0.5, 0.6) is 0 Å². The molecule has 27 heavy (non-hydrogen) atoms. The second-order valence-corrected chi connectivity index (χ2v) is 8.08. The van der Waals surface area contributed by atoms with Crippen molar-refractivity contribution in [2.24, 2.45) is 0 Å². The first-order valence-electron chi connectivity index (χ1n) is 8.41. The number of hydrogen-bond donors (Lipinski definition) is 1. The van der Waals surface area contributed by atoms with Gasteiger partial charge in [0, 0.05) is 14.8 Å². The SMILES string of the molecule is Cc1nn(C(C)C(=O)Nc2ccccc2Sc2ccc(Cl)cc2)c(C)c1Cl. The number of aromatic nitrogens is 2. The monoisotopic (exact) mass is 419 g/mol. The summed E-state index contributed by atoms with van der Waals surface area (Å²) in [6.45, 7) is 5.49. The average Bonchev–Trinajstić information content (AvgIpc) is 2.92. The summed E-state index contributed by atoms with van der Waals surface area (Å²) in [7, 11) is 0. The number of para-hydroxylation sites is 1. The Morgan fingerprint density at radius 2 is 1.78 bits per heavy atom. The largest absolute Gasteiger partial charge is 0.323 e. The quantitative estimate of drug-likeness (QED) is 0.538. The normalized spacial score (nSPS) is 12.0. The van der Waals surface area contributed by atoms with Crippen LogP contribution in [0.4, 0.5) is 5.69 Å². The molecule has 0 aliphatic heterocycles. The van der Waals surface area contributed by atoms with E-state index < -0.39 is 6.04 Å². The van der Waals surface area contributed by atoms with Gasteiger partial charge in [-0.25, -0.2) is 0 Å². The summed E-state index contributed by atoms with van der Waals surface area (Å²) in [5.41, 5.74) is 2.25. The van der Waals surface area contributed by atoms with E-state index in [0.29, 0.717) is 15.7 Å². The number of nitrogens with zero attached hydrogens (tertiary/aromatic N) is 2. The Morgan fingerprint density at radius 3 is 2.41 bits per heavy atom. The molecule has 3 rings (SSSR count). The van der Waals surface area contributed by atoms with Crippen LogP contribution in [0.1, 0.15) is 24.4 Å². The summed E-state index contributed by atoms with van der Waals surface area (Å²) in [4.78, 5) is 14.8. The fraction of sp³-hybridized carbons (Fsp3) is 0.200. The van der Waals surface area contributed by atoms with Crippen molar-refractivity contribution >= 4 is 46.6 Å². The second kappa shape index (κ2) is 8.38. The molecule has 2 aromatic carbocycles. The number of hydrogen-bond acceptors (Lipinski definition) is 3. The number of halogens is 2. The van der Waals surface area contributed by atoms with Gasteiger partial charge in [-0.2, -0.15) is 5.10 Å². The van der Waals surface area contributed by atoms with Crippen LogP contribution in [0.25, 0.3) is 0 Å². The fourth-order valence-corrected chi connectivity index (χ4v) is 3.81. The number of rotatable bonds is 5. The zero-order chi connectivity index (χ0) is 19.6. The number of carbonyl (C=O) groups is 1. The van der Waals surface area contributed by atoms with Crippen molar-refractivity contribution in [2.45, 2.75) is 36.6 Å². The number of amides is 1. The molecule has 0 radical (unpaired) electrons. The average molecular weight is 420 g/mol. The first-order chi connectivity index (χ1) is 12.9. The maximum absolute atomic E-state index is 12.8. The fourth-order valence-electron chi connectivity index (χ4n) is 2.66. The van der Waals surface area contributed by atoms with Crippen LogP contribution in [0.15, 0.2) is 58.3 Å². The van der Waals surface area contributed by atoms with E-state index in [-0.39, 0.29) is 5.91 Å². The van der Waals surface area contributed by atoms with Crippen molar-refractivity contribution in [3.05, 3.63) is 70.0 Å². The number of nitrogens with one attached hydrogen (secondary N) is 1. The van der Waals surface area contributed by atoms with Crippen molar-refractivity contribution in [2.75, 3.05) is 5.32 Å². The lowest BCUT2D eigenvalue weighted by atomic mass is 10.2. The summed E-state index contributed by atoms with van der Waals surface area (Å²) >= 11 is 13.7. The van der Waals surface area contributed by atoms with Gasteiger partial charge in [0.05, 0.1) is 22.1 Å². The second-order valence-electron chi connectivity index (χ2n) is 6.15. The molecule has 1 unspecified atom stereocenters. The van der Waals surface area contributed by atoms with E-state index in [1.165, 1.54) is 0 Å². The lowest BCUT2D eigenvalue weighted by Crippen LogP contribution is -2.25. The summed E-state index contributed by atoms with van der Waals surface area (Å²) < 4.78 is 1.65. The molecule has 1 atom stereocenters. The third-order valence-corrected chi connectivity index (χ3v) is 6.05. The molecule has 0 fully saturated rings. The van der Waals surface area contributed by atoms with Gasteiger partial charge in [-0.15, -0.1) is 0 Å². The minimum absolute atomic E-state index is 0.151. The van der Waals surface area contributed by atoms with Gasteiger partial charge in [0.15, 0.2) is 0 Å². The highest BCUT2D eigenvalue weighted by Gasteiger charge is 2.21. The van der Waals surface area contributed by atoms with Crippen LogP contribution in [0.2, 0.25) is 10.0 Å². The van der Waals surface area contributed by atoms with E-state index in [0.717, 1.165) is 21.2 Å². The van der Waals surface area contributed by atoms with E-state index in [1.807, 2.05) is 62.4 Å². The molecule has 0 bridgehead atoms. The molecule has 0 aliphatic carbocycles. The van der Waals surface area contributed by atoms with Crippen LogP contribution in [0.3, 0.4) is 0 Å². The van der Waals surface area contributed by atoms with Crippen LogP contribution in [-0.4, -0.2) is 15.7 Å². The van der Waals surface area contributed by atoms with Crippen molar-refractivity contribution in [1.82, 2.24) is 9.78 Å². The molecule has 7 heteroatoms. The highest BCUT2D eigenvalue weighted by Crippen LogP contribution is 2.34. The van der Waals surface area contributed by atoms with Crippen molar-refractivity contribution in [1.29, 1.82) is 0 Å². The van der Waals surface area contributed by atoms with Crippen molar-refractivity contribution in [3.63, 3.8) is 0 Å². The Balaban J connectivity index is 1.79. The third kappa shape index (κ3) is 4.49. The van der Waals surface area contributed by atoms with E-state index >= 15 is 0 Å². The minimum atomic E-state index is -0.482. The van der Waals surface area contributed by atoms with Gasteiger partial charge in [0.2, 0.25) is 5.91 Å². The van der Waals surface area contributed by atoms with Crippen LogP contribution < -0.4 is 5.32 Å². The molecule has 3 aromatic rings. The van der Waals surface area contributed by atoms with Gasteiger partial charge < -0.3 is 5.32 Å². The molecule has 0 spiro atoms. The predicted molar refractivity (Wildman–Crippen MR) is 112 cm³/mol. The minimum Gasteiger partial charge on any atom is -0.323 e. The highest BCUT2D eigenvalue weighted by atomic mass is 35.5. The van der Waals surface area contributed by atoms with E-state index in [2.05, 4.69) is 10.4 Å². The van der Waals surface area contributed by atoms with Crippen molar-refractivity contribution in [3.8, 4) is 0 Å². The summed E-state index contributed by atoms with van der Waals surface area (Å²) in [6, 6.07) is 14.8. The molecule has 1 amide bonds. The van der Waals surface area contributed by atoms with Crippen molar-refractivity contribution < 1.29 is 4.79 Å². The van der Waals surface area contributed by atoms with E-state index in [9.17, 15) is 4.79 Å². The van der Waals surface area contributed by atoms with Gasteiger partial charge in [-0.1, -0.05) is 47.1 Å². The zero-order valence-electron chi connectivity index (χ0n) is 15.2. The van der Waals surface area contributed by atoms with Gasteiger partial charge >= 0.3 is 0 Å². The number of anilines is 1. The Morgan fingerprint density at radius 1 is 1.11 bits per heavy atom. The van der Waals surface area contributed by atoms with E-state index in [4.69, 9.17) is 23.2 Å². The van der Waals surface area contributed by atoms with Gasteiger partial charge in [0.25, 0.3) is 0 Å².